The van der Waals surface area contributed by atoms with Crippen molar-refractivity contribution < 1.29 is 9.59 Å². The van der Waals surface area contributed by atoms with Crippen molar-refractivity contribution in [2.45, 2.75) is 57.8 Å². The zero-order valence-electron chi connectivity index (χ0n) is 14.5. The maximum absolute atomic E-state index is 11.9. The number of fused-ring (bicyclic) bond motifs is 1. The van der Waals surface area contributed by atoms with Gasteiger partial charge in [-0.25, -0.2) is 0 Å². The molecule has 0 radical (unpaired) electrons. The minimum Gasteiger partial charge on any atom is -0.303 e. The molecular weight excluding hydrogens is 300 g/mol. The third-order valence-electron chi connectivity index (χ3n) is 5.22. The molecule has 1 saturated heterocycles. The summed E-state index contributed by atoms with van der Waals surface area (Å²) in [4.78, 5) is 26.1. The highest BCUT2D eigenvalue weighted by Gasteiger charge is 2.28. The van der Waals surface area contributed by atoms with Crippen LogP contribution >= 0.6 is 0 Å². The number of carbonyl (C=O) groups excluding carboxylic acids is 2. The zero-order valence-corrected chi connectivity index (χ0v) is 14.5. The molecule has 1 fully saturated rings. The molecule has 1 aromatic rings. The normalized spacial score (nSPS) is 17.3. The molecular formula is C20H28N2O2. The van der Waals surface area contributed by atoms with E-state index < -0.39 is 0 Å². The first kappa shape index (κ1) is 17.2. The molecule has 130 valence electrons. The Labute approximate surface area is 144 Å². The maximum Gasteiger partial charge on any atom is 0.259 e. The second-order valence-corrected chi connectivity index (χ2v) is 7.04. The summed E-state index contributed by atoms with van der Waals surface area (Å²) in [5, 5.41) is 2.39. The molecule has 2 aliphatic rings. The number of nitrogens with one attached hydrogen (secondary N) is 1. The van der Waals surface area contributed by atoms with Gasteiger partial charge in [-0.05, 0) is 63.4 Å². The summed E-state index contributed by atoms with van der Waals surface area (Å²) in [6, 6.07) is 5.59. The van der Waals surface area contributed by atoms with Crippen LogP contribution in [0.5, 0.6) is 0 Å². The van der Waals surface area contributed by atoms with Crippen LogP contribution in [0.2, 0.25) is 0 Å². The van der Waals surface area contributed by atoms with Crippen LogP contribution in [0, 0.1) is 0 Å². The Bertz CT molecular complexity index is 591. The standard InChI is InChI=1S/C20H28N2O2/c23-19-17-12-9-11-16(18(17)20(24)21-19)10-5-3-1-2-4-6-13-22-14-7-8-15-22/h9,11-12H,1-8,10,13-15H2,(H,21,23,24). The number of carbonyl (C=O) groups is 2. The lowest BCUT2D eigenvalue weighted by atomic mass is 9.97. The van der Waals surface area contributed by atoms with Crippen LogP contribution in [0.15, 0.2) is 18.2 Å². The Morgan fingerprint density at radius 2 is 1.58 bits per heavy atom. The summed E-state index contributed by atoms with van der Waals surface area (Å²) in [7, 11) is 0. The van der Waals surface area contributed by atoms with Gasteiger partial charge in [-0.1, -0.05) is 37.8 Å². The van der Waals surface area contributed by atoms with Crippen molar-refractivity contribution in [3.05, 3.63) is 34.9 Å². The molecule has 3 rings (SSSR count). The maximum atomic E-state index is 11.9. The predicted molar refractivity (Wildman–Crippen MR) is 95.3 cm³/mol. The number of nitrogens with zero attached hydrogens (tertiary/aromatic N) is 1. The Morgan fingerprint density at radius 3 is 2.38 bits per heavy atom. The number of likely N-dealkylation sites (tertiary alicyclic amines) is 1. The van der Waals surface area contributed by atoms with Gasteiger partial charge in [0.25, 0.3) is 11.8 Å². The lowest BCUT2D eigenvalue weighted by Crippen LogP contribution is -2.20. The number of hydrogen-bond donors (Lipinski definition) is 1. The number of unbranched alkanes of at least 4 members (excludes halogenated alkanes) is 5. The molecule has 0 aromatic heterocycles. The minimum atomic E-state index is -0.255. The minimum absolute atomic E-state index is 0.229. The molecule has 1 N–H and O–H groups in total. The molecule has 0 atom stereocenters. The summed E-state index contributed by atoms with van der Waals surface area (Å²) in [6.45, 7) is 3.88. The van der Waals surface area contributed by atoms with E-state index in [1.165, 1.54) is 64.6 Å². The fourth-order valence-electron chi connectivity index (χ4n) is 3.86. The van der Waals surface area contributed by atoms with Gasteiger partial charge in [0.1, 0.15) is 0 Å². The smallest absolute Gasteiger partial charge is 0.259 e. The van der Waals surface area contributed by atoms with E-state index in [1.54, 1.807) is 6.07 Å². The summed E-state index contributed by atoms with van der Waals surface area (Å²) in [5.41, 5.74) is 2.16. The number of rotatable bonds is 9. The van der Waals surface area contributed by atoms with E-state index in [0.717, 1.165) is 18.4 Å². The average molecular weight is 328 g/mol. The first-order valence-corrected chi connectivity index (χ1v) is 9.45. The second-order valence-electron chi connectivity index (χ2n) is 7.04. The number of aryl methyl sites for hydroxylation is 1. The van der Waals surface area contributed by atoms with Crippen molar-refractivity contribution in [3.8, 4) is 0 Å². The average Bonchev–Trinajstić information content (AvgIpc) is 3.19. The quantitative estimate of drug-likeness (QED) is 0.557. The molecule has 2 heterocycles. The van der Waals surface area contributed by atoms with Crippen LogP contribution in [-0.4, -0.2) is 36.3 Å². The summed E-state index contributed by atoms with van der Waals surface area (Å²) >= 11 is 0. The van der Waals surface area contributed by atoms with Gasteiger partial charge in [-0.3, -0.25) is 14.9 Å². The molecule has 2 aliphatic heterocycles. The van der Waals surface area contributed by atoms with Crippen LogP contribution in [0.1, 0.15) is 77.6 Å². The molecule has 2 amide bonds. The van der Waals surface area contributed by atoms with Crippen molar-refractivity contribution in [3.63, 3.8) is 0 Å². The topological polar surface area (TPSA) is 49.4 Å². The van der Waals surface area contributed by atoms with E-state index in [4.69, 9.17) is 0 Å². The van der Waals surface area contributed by atoms with Gasteiger partial charge in [-0.2, -0.15) is 0 Å². The SMILES string of the molecule is O=C1NC(=O)c2c(CCCCCCCCN3CCCC3)cccc21. The summed E-state index contributed by atoms with van der Waals surface area (Å²) in [6.07, 6.45) is 11.2. The second kappa shape index (κ2) is 8.43. The molecule has 0 unspecified atom stereocenters. The molecule has 0 saturated carbocycles. The van der Waals surface area contributed by atoms with Crippen LogP contribution in [0.25, 0.3) is 0 Å². The van der Waals surface area contributed by atoms with Crippen molar-refractivity contribution in [2.24, 2.45) is 0 Å². The van der Waals surface area contributed by atoms with Gasteiger partial charge in [-0.15, -0.1) is 0 Å². The van der Waals surface area contributed by atoms with Crippen molar-refractivity contribution in [2.75, 3.05) is 19.6 Å². The number of benzene rings is 1. The third kappa shape index (κ3) is 4.23. The fourth-order valence-corrected chi connectivity index (χ4v) is 3.86. The molecule has 4 nitrogen and oxygen atoms in total. The Kier molecular flexibility index (Phi) is 6.02. The first-order chi connectivity index (χ1) is 11.8. The van der Waals surface area contributed by atoms with Gasteiger partial charge in [0, 0.05) is 0 Å². The Hall–Kier alpha value is -1.68. The van der Waals surface area contributed by atoms with Crippen molar-refractivity contribution in [1.29, 1.82) is 0 Å². The lowest BCUT2D eigenvalue weighted by Gasteiger charge is -2.13. The van der Waals surface area contributed by atoms with Gasteiger partial charge >= 0.3 is 0 Å². The van der Waals surface area contributed by atoms with E-state index in [1.807, 2.05) is 12.1 Å². The number of hydrogen-bond acceptors (Lipinski definition) is 3. The van der Waals surface area contributed by atoms with Crippen molar-refractivity contribution in [1.82, 2.24) is 10.2 Å². The van der Waals surface area contributed by atoms with Crippen LogP contribution in [0.3, 0.4) is 0 Å². The zero-order chi connectivity index (χ0) is 16.8. The van der Waals surface area contributed by atoms with Gasteiger partial charge in [0.2, 0.25) is 0 Å². The third-order valence-corrected chi connectivity index (χ3v) is 5.22. The molecule has 0 aliphatic carbocycles. The lowest BCUT2D eigenvalue weighted by molar-refractivity contribution is 0.0879. The predicted octanol–water partition coefficient (Wildman–Crippen LogP) is 3.55. The highest BCUT2D eigenvalue weighted by molar-refractivity contribution is 6.22. The van der Waals surface area contributed by atoms with Gasteiger partial charge in [0.15, 0.2) is 0 Å². The van der Waals surface area contributed by atoms with E-state index in [9.17, 15) is 9.59 Å². The van der Waals surface area contributed by atoms with Crippen LogP contribution < -0.4 is 5.32 Å². The van der Waals surface area contributed by atoms with Gasteiger partial charge in [0.05, 0.1) is 11.1 Å². The van der Waals surface area contributed by atoms with Crippen LogP contribution in [-0.2, 0) is 6.42 Å². The highest BCUT2D eigenvalue weighted by atomic mass is 16.2. The molecule has 0 bridgehead atoms. The molecule has 4 heteroatoms. The molecule has 0 spiro atoms. The number of imide groups is 1. The van der Waals surface area contributed by atoms with Crippen molar-refractivity contribution >= 4 is 11.8 Å². The summed E-state index contributed by atoms with van der Waals surface area (Å²) < 4.78 is 0. The Morgan fingerprint density at radius 1 is 0.875 bits per heavy atom. The van der Waals surface area contributed by atoms with E-state index in [0.29, 0.717) is 11.1 Å². The monoisotopic (exact) mass is 328 g/mol. The van der Waals surface area contributed by atoms with E-state index in [2.05, 4.69) is 10.2 Å². The van der Waals surface area contributed by atoms with E-state index in [-0.39, 0.29) is 11.8 Å². The fraction of sp³-hybridized carbons (Fsp3) is 0.600. The number of amides is 2. The highest BCUT2D eigenvalue weighted by Crippen LogP contribution is 2.22. The summed E-state index contributed by atoms with van der Waals surface area (Å²) in [5.74, 6) is -0.484. The first-order valence-electron chi connectivity index (χ1n) is 9.45. The van der Waals surface area contributed by atoms with E-state index >= 15 is 0 Å². The Balaban J connectivity index is 1.31. The molecule has 1 aromatic carbocycles. The molecule has 24 heavy (non-hydrogen) atoms. The van der Waals surface area contributed by atoms with Crippen LogP contribution in [0.4, 0.5) is 0 Å². The largest absolute Gasteiger partial charge is 0.303 e. The van der Waals surface area contributed by atoms with Gasteiger partial charge < -0.3 is 4.90 Å².